The van der Waals surface area contributed by atoms with Gasteiger partial charge in [-0.15, -0.1) is 0 Å². The molecule has 0 aromatic heterocycles. The van der Waals surface area contributed by atoms with Crippen molar-refractivity contribution in [3.05, 3.63) is 0 Å². The second kappa shape index (κ2) is 18.4. The molecule has 0 aromatic rings. The molecule has 0 radical (unpaired) electrons. The minimum absolute atomic E-state index is 0.000588. The second-order valence-corrected chi connectivity index (χ2v) is 5.25. The molecule has 0 saturated carbocycles. The molecule has 0 fully saturated rings. The lowest BCUT2D eigenvalue weighted by atomic mass is 10.3. The lowest BCUT2D eigenvalue weighted by Crippen LogP contribution is -2.34. The van der Waals surface area contributed by atoms with E-state index in [1.807, 2.05) is 0 Å². The summed E-state index contributed by atoms with van der Waals surface area (Å²) in [6.07, 6.45) is -2.56. The smallest absolute Gasteiger partial charge is 0.447 e. The van der Waals surface area contributed by atoms with Crippen molar-refractivity contribution in [2.45, 2.75) is 26.1 Å². The SMILES string of the molecule is CC(OC(=O)CNC(=O)OCCOCCON(O)O)OC(=O)OCCCCON(O)O. The van der Waals surface area contributed by atoms with Gasteiger partial charge < -0.3 is 29.0 Å². The van der Waals surface area contributed by atoms with Crippen molar-refractivity contribution in [2.24, 2.45) is 0 Å². The van der Waals surface area contributed by atoms with E-state index < -0.39 is 41.8 Å². The van der Waals surface area contributed by atoms with Gasteiger partial charge in [-0.25, -0.2) is 14.4 Å². The van der Waals surface area contributed by atoms with Crippen LogP contribution in [0.1, 0.15) is 19.8 Å². The summed E-state index contributed by atoms with van der Waals surface area (Å²) in [5.74, 6) is -0.905. The number of amides is 1. The van der Waals surface area contributed by atoms with Crippen LogP contribution in [0.2, 0.25) is 0 Å². The molecule has 0 rings (SSSR count). The minimum Gasteiger partial charge on any atom is -0.447 e. The summed E-state index contributed by atoms with van der Waals surface area (Å²) in [5.41, 5.74) is 0. The summed E-state index contributed by atoms with van der Waals surface area (Å²) in [6.45, 7) is 0.397. The third-order valence-electron chi connectivity index (χ3n) is 2.80. The molecule has 1 amide bonds. The molecular formula is C14H27N3O14. The molecule has 17 heteroatoms. The average Bonchev–Trinajstić information content (AvgIpc) is 2.67. The molecule has 31 heavy (non-hydrogen) atoms. The molecule has 0 aromatic carbocycles. The number of rotatable bonds is 17. The Balaban J connectivity index is 3.68. The number of carbonyl (C=O) groups is 3. The molecule has 0 aliphatic carbocycles. The molecule has 0 aliphatic heterocycles. The second-order valence-electron chi connectivity index (χ2n) is 5.25. The zero-order valence-electron chi connectivity index (χ0n) is 16.7. The number of ether oxygens (including phenoxy) is 5. The first kappa shape index (κ1) is 28.6. The molecule has 17 nitrogen and oxygen atoms in total. The third-order valence-corrected chi connectivity index (χ3v) is 2.80. The summed E-state index contributed by atoms with van der Waals surface area (Å²) in [6, 6.07) is 0. The van der Waals surface area contributed by atoms with E-state index in [1.54, 1.807) is 0 Å². The van der Waals surface area contributed by atoms with Crippen molar-refractivity contribution >= 4 is 18.2 Å². The normalized spacial score (nSPS) is 11.8. The Hall–Kier alpha value is -2.35. The Morgan fingerprint density at radius 2 is 1.42 bits per heavy atom. The number of nitrogens with one attached hydrogen (secondary N) is 1. The van der Waals surface area contributed by atoms with Gasteiger partial charge in [0.1, 0.15) is 13.2 Å². The maximum Gasteiger partial charge on any atom is 0.511 e. The number of carbonyl (C=O) groups excluding carboxylic acids is 3. The van der Waals surface area contributed by atoms with E-state index in [-0.39, 0.29) is 39.6 Å². The monoisotopic (exact) mass is 461 g/mol. The highest BCUT2D eigenvalue weighted by atomic mass is 17.1. The summed E-state index contributed by atoms with van der Waals surface area (Å²) < 4.78 is 23.8. The fraction of sp³-hybridized carbons (Fsp3) is 0.786. The lowest BCUT2D eigenvalue weighted by molar-refractivity contribution is -0.493. The van der Waals surface area contributed by atoms with E-state index in [4.69, 9.17) is 39.8 Å². The molecule has 0 saturated heterocycles. The topological polar surface area (TPSA) is 215 Å². The van der Waals surface area contributed by atoms with Crippen molar-refractivity contribution < 1.29 is 68.6 Å². The predicted molar refractivity (Wildman–Crippen MR) is 90.1 cm³/mol. The Bertz CT molecular complexity index is 507. The van der Waals surface area contributed by atoms with Gasteiger partial charge in [0, 0.05) is 6.92 Å². The minimum atomic E-state index is -1.28. The van der Waals surface area contributed by atoms with Crippen molar-refractivity contribution in [2.75, 3.05) is 46.2 Å². The fourth-order valence-corrected chi connectivity index (χ4v) is 1.59. The van der Waals surface area contributed by atoms with E-state index in [2.05, 4.69) is 19.7 Å². The van der Waals surface area contributed by atoms with Gasteiger partial charge in [0.15, 0.2) is 0 Å². The number of alkyl carbamates (subject to hydrolysis) is 1. The zero-order valence-corrected chi connectivity index (χ0v) is 16.7. The maximum atomic E-state index is 11.6. The van der Waals surface area contributed by atoms with Gasteiger partial charge >= 0.3 is 18.2 Å². The van der Waals surface area contributed by atoms with Crippen LogP contribution in [0.25, 0.3) is 0 Å². The van der Waals surface area contributed by atoms with Crippen LogP contribution in [0.4, 0.5) is 9.59 Å². The van der Waals surface area contributed by atoms with Crippen molar-refractivity contribution in [1.29, 1.82) is 0 Å². The Morgan fingerprint density at radius 3 is 2.10 bits per heavy atom. The van der Waals surface area contributed by atoms with Crippen LogP contribution < -0.4 is 5.32 Å². The van der Waals surface area contributed by atoms with Gasteiger partial charge in [-0.2, -0.15) is 0 Å². The molecule has 1 unspecified atom stereocenters. The number of nitrogens with zero attached hydrogens (tertiary/aromatic N) is 2. The number of unbranched alkanes of at least 4 members (excludes halogenated alkanes) is 1. The van der Waals surface area contributed by atoms with Crippen LogP contribution in [0.5, 0.6) is 0 Å². The first-order valence-electron chi connectivity index (χ1n) is 8.83. The van der Waals surface area contributed by atoms with Crippen LogP contribution in [-0.2, 0) is 38.2 Å². The number of hydrogen-bond acceptors (Lipinski definition) is 16. The molecule has 1 atom stereocenters. The van der Waals surface area contributed by atoms with Gasteiger partial charge in [-0.3, -0.25) is 30.5 Å². The molecule has 5 N–H and O–H groups in total. The van der Waals surface area contributed by atoms with E-state index in [9.17, 15) is 14.4 Å². The average molecular weight is 461 g/mol. The largest absolute Gasteiger partial charge is 0.511 e. The zero-order chi connectivity index (χ0) is 23.5. The van der Waals surface area contributed by atoms with Crippen molar-refractivity contribution in [3.63, 3.8) is 0 Å². The van der Waals surface area contributed by atoms with E-state index >= 15 is 0 Å². The van der Waals surface area contributed by atoms with E-state index in [0.29, 0.717) is 12.8 Å². The van der Waals surface area contributed by atoms with Gasteiger partial charge in [-0.1, -0.05) is 0 Å². The molecule has 0 heterocycles. The quantitative estimate of drug-likeness (QED) is 0.0610. The summed E-state index contributed by atoms with van der Waals surface area (Å²) in [5, 5.41) is 34.3. The first-order chi connectivity index (χ1) is 14.7. The molecule has 182 valence electrons. The van der Waals surface area contributed by atoms with Crippen LogP contribution in [0, 0.1) is 0 Å². The molecular weight excluding hydrogens is 434 g/mol. The highest BCUT2D eigenvalue weighted by molar-refractivity contribution is 5.78. The first-order valence-corrected chi connectivity index (χ1v) is 8.83. The van der Waals surface area contributed by atoms with Gasteiger partial charge in [0.25, 0.3) is 0 Å². The van der Waals surface area contributed by atoms with Crippen molar-refractivity contribution in [1.82, 2.24) is 16.1 Å². The lowest BCUT2D eigenvalue weighted by Gasteiger charge is -2.14. The molecule has 0 bridgehead atoms. The summed E-state index contributed by atoms with van der Waals surface area (Å²) >= 11 is 0. The van der Waals surface area contributed by atoms with E-state index in [0.717, 1.165) is 0 Å². The Labute approximate surface area is 176 Å². The van der Waals surface area contributed by atoms with Crippen molar-refractivity contribution in [3.8, 4) is 0 Å². The van der Waals surface area contributed by atoms with Crippen LogP contribution in [-0.4, -0.2) is 102 Å². The van der Waals surface area contributed by atoms with Gasteiger partial charge in [0.2, 0.25) is 6.29 Å². The van der Waals surface area contributed by atoms with Gasteiger partial charge in [-0.05, 0) is 12.8 Å². The summed E-state index contributed by atoms with van der Waals surface area (Å²) in [7, 11) is 0. The molecule has 0 aliphatic rings. The van der Waals surface area contributed by atoms with Crippen LogP contribution >= 0.6 is 0 Å². The highest BCUT2D eigenvalue weighted by Crippen LogP contribution is 1.99. The third kappa shape index (κ3) is 20.7. The van der Waals surface area contributed by atoms with Crippen LogP contribution in [0.15, 0.2) is 0 Å². The molecule has 0 spiro atoms. The van der Waals surface area contributed by atoms with Crippen LogP contribution in [0.3, 0.4) is 0 Å². The Morgan fingerprint density at radius 1 is 0.806 bits per heavy atom. The standard InChI is InChI=1S/C14H27N3O14/c1-11(31-14(20)27-4-2-3-5-28-16(21)22)30-12(18)10-15-13(19)26-8-6-25-7-9-29-17(23)24/h11,21-24H,2-10H2,1H3,(H,15,19). The fourth-order valence-electron chi connectivity index (χ4n) is 1.59. The maximum absolute atomic E-state index is 11.6. The predicted octanol–water partition coefficient (Wildman–Crippen LogP) is -0.424. The number of hydrogen-bond donors (Lipinski definition) is 5. The highest BCUT2D eigenvalue weighted by Gasteiger charge is 2.16. The van der Waals surface area contributed by atoms with E-state index in [1.165, 1.54) is 6.92 Å². The summed E-state index contributed by atoms with van der Waals surface area (Å²) in [4.78, 5) is 42.9. The number of esters is 1. The Kier molecular flexibility index (Phi) is 17.0. The van der Waals surface area contributed by atoms with Gasteiger partial charge in [0.05, 0.1) is 43.8 Å².